The van der Waals surface area contributed by atoms with Crippen LogP contribution in [0, 0.1) is 12.8 Å². The number of carbonyl (C=O) groups excluding carboxylic acids is 1. The number of hydrogen-bond donors (Lipinski definition) is 1. The van der Waals surface area contributed by atoms with Crippen molar-refractivity contribution in [1.82, 2.24) is 10.2 Å². The fraction of sp³-hybridized carbons (Fsp3) is 0.400. The van der Waals surface area contributed by atoms with E-state index in [0.717, 1.165) is 15.7 Å². The minimum absolute atomic E-state index is 0.0445. The minimum atomic E-state index is -0.239. The number of benzene rings is 1. The summed E-state index contributed by atoms with van der Waals surface area (Å²) in [5.74, 6) is 2.01. The van der Waals surface area contributed by atoms with Crippen molar-refractivity contribution in [3.05, 3.63) is 29.8 Å². The molecule has 7 heteroatoms. The number of nitrogens with one attached hydrogen (secondary N) is 1. The van der Waals surface area contributed by atoms with Gasteiger partial charge in [-0.2, -0.15) is 0 Å². The number of nitrogens with zero attached hydrogens (tertiary/aromatic N) is 2. The predicted octanol–water partition coefficient (Wildman–Crippen LogP) is 3.61. The molecule has 5 nitrogen and oxygen atoms in total. The van der Waals surface area contributed by atoms with Crippen LogP contribution in [-0.4, -0.2) is 28.5 Å². The van der Waals surface area contributed by atoms with E-state index in [4.69, 9.17) is 4.74 Å². The fourth-order valence-electron chi connectivity index (χ4n) is 1.50. The van der Waals surface area contributed by atoms with E-state index in [1.54, 1.807) is 11.8 Å². The van der Waals surface area contributed by atoms with Crippen LogP contribution in [0.3, 0.4) is 0 Å². The van der Waals surface area contributed by atoms with Gasteiger partial charge in [-0.25, -0.2) is 0 Å². The van der Waals surface area contributed by atoms with Crippen LogP contribution in [-0.2, 0) is 4.79 Å². The molecule has 1 aromatic carbocycles. The normalized spacial score (nSPS) is 10.7. The first kappa shape index (κ1) is 16.8. The smallest absolute Gasteiger partial charge is 0.264 e. The third kappa shape index (κ3) is 5.65. The molecular formula is C15H19N3O2S2. The standard InChI is InChI=1S/C15H19N3O2S2/c1-10(2)9-21-15-18-17-14(22-15)16-13(19)8-20-12-6-4-11(3)5-7-12/h4-7,10H,8-9H2,1-3H3,(H,16,17,19). The van der Waals surface area contributed by atoms with Crippen molar-refractivity contribution in [3.63, 3.8) is 0 Å². The number of amides is 1. The molecule has 1 amide bonds. The summed E-state index contributed by atoms with van der Waals surface area (Å²) >= 11 is 3.03. The van der Waals surface area contributed by atoms with Crippen molar-refractivity contribution in [2.24, 2.45) is 5.92 Å². The van der Waals surface area contributed by atoms with Crippen LogP contribution in [0.4, 0.5) is 5.13 Å². The maximum atomic E-state index is 11.8. The third-order valence-corrected chi connectivity index (χ3v) is 4.98. The molecule has 0 aliphatic heterocycles. The number of aromatic nitrogens is 2. The Morgan fingerprint density at radius 3 is 2.73 bits per heavy atom. The maximum absolute atomic E-state index is 11.8. The molecule has 22 heavy (non-hydrogen) atoms. The van der Waals surface area contributed by atoms with Crippen molar-refractivity contribution in [2.75, 3.05) is 17.7 Å². The van der Waals surface area contributed by atoms with Crippen molar-refractivity contribution in [2.45, 2.75) is 25.1 Å². The molecule has 2 aromatic rings. The lowest BCUT2D eigenvalue weighted by Crippen LogP contribution is -2.20. The van der Waals surface area contributed by atoms with Crippen molar-refractivity contribution in [1.29, 1.82) is 0 Å². The van der Waals surface area contributed by atoms with Gasteiger partial charge in [0, 0.05) is 5.75 Å². The maximum Gasteiger partial charge on any atom is 0.264 e. The van der Waals surface area contributed by atoms with Gasteiger partial charge in [0.1, 0.15) is 5.75 Å². The Labute approximate surface area is 138 Å². The van der Waals surface area contributed by atoms with E-state index in [0.29, 0.717) is 16.8 Å². The van der Waals surface area contributed by atoms with E-state index in [1.807, 2.05) is 31.2 Å². The Hall–Kier alpha value is -1.60. The van der Waals surface area contributed by atoms with Gasteiger partial charge in [-0.1, -0.05) is 54.6 Å². The molecule has 1 aromatic heterocycles. The SMILES string of the molecule is Cc1ccc(OCC(=O)Nc2nnc(SCC(C)C)s2)cc1. The Bertz CT molecular complexity index is 612. The molecular weight excluding hydrogens is 318 g/mol. The Kier molecular flexibility index (Phi) is 6.21. The van der Waals surface area contributed by atoms with Gasteiger partial charge in [-0.05, 0) is 25.0 Å². The second-order valence-corrected chi connectivity index (χ2v) is 7.47. The van der Waals surface area contributed by atoms with Crippen LogP contribution in [0.2, 0.25) is 0 Å². The van der Waals surface area contributed by atoms with E-state index < -0.39 is 0 Å². The summed E-state index contributed by atoms with van der Waals surface area (Å²) in [6.45, 7) is 6.26. The average Bonchev–Trinajstić information content (AvgIpc) is 2.92. The minimum Gasteiger partial charge on any atom is -0.484 e. The highest BCUT2D eigenvalue weighted by atomic mass is 32.2. The highest BCUT2D eigenvalue weighted by molar-refractivity contribution is 8.01. The molecule has 0 unspecified atom stereocenters. The van der Waals surface area contributed by atoms with Crippen LogP contribution in [0.1, 0.15) is 19.4 Å². The van der Waals surface area contributed by atoms with E-state index in [2.05, 4.69) is 29.4 Å². The van der Waals surface area contributed by atoms with Gasteiger partial charge in [0.15, 0.2) is 10.9 Å². The van der Waals surface area contributed by atoms with Crippen LogP contribution in [0.25, 0.3) is 0 Å². The lowest BCUT2D eigenvalue weighted by atomic mass is 10.2. The zero-order valence-corrected chi connectivity index (χ0v) is 14.5. The lowest BCUT2D eigenvalue weighted by molar-refractivity contribution is -0.118. The molecule has 2 rings (SSSR count). The first-order chi connectivity index (χ1) is 10.5. The first-order valence-electron chi connectivity index (χ1n) is 6.98. The summed E-state index contributed by atoms with van der Waals surface area (Å²) in [6.07, 6.45) is 0. The zero-order valence-electron chi connectivity index (χ0n) is 12.8. The molecule has 0 saturated heterocycles. The molecule has 0 fully saturated rings. The molecule has 0 radical (unpaired) electrons. The topological polar surface area (TPSA) is 64.1 Å². The molecule has 0 aliphatic carbocycles. The molecule has 1 N–H and O–H groups in total. The van der Waals surface area contributed by atoms with Crippen LogP contribution in [0.15, 0.2) is 28.6 Å². The largest absolute Gasteiger partial charge is 0.484 e. The van der Waals surface area contributed by atoms with Gasteiger partial charge in [0.25, 0.3) is 5.91 Å². The molecule has 0 saturated carbocycles. The van der Waals surface area contributed by atoms with Gasteiger partial charge in [0.2, 0.25) is 5.13 Å². The van der Waals surface area contributed by atoms with Gasteiger partial charge in [-0.15, -0.1) is 10.2 Å². The number of anilines is 1. The summed E-state index contributed by atoms with van der Waals surface area (Å²) in [5, 5.41) is 11.2. The summed E-state index contributed by atoms with van der Waals surface area (Å²) in [7, 11) is 0. The quantitative estimate of drug-likeness (QED) is 0.617. The summed E-state index contributed by atoms with van der Waals surface area (Å²) < 4.78 is 6.28. The summed E-state index contributed by atoms with van der Waals surface area (Å²) in [6, 6.07) is 7.56. The average molecular weight is 337 g/mol. The summed E-state index contributed by atoms with van der Waals surface area (Å²) in [4.78, 5) is 11.8. The number of rotatable bonds is 7. The Morgan fingerprint density at radius 1 is 1.32 bits per heavy atom. The van der Waals surface area contributed by atoms with Gasteiger partial charge in [-0.3, -0.25) is 10.1 Å². The van der Waals surface area contributed by atoms with Crippen LogP contribution < -0.4 is 10.1 Å². The number of carbonyl (C=O) groups is 1. The first-order valence-corrected chi connectivity index (χ1v) is 8.79. The van der Waals surface area contributed by atoms with Crippen molar-refractivity contribution in [3.8, 4) is 5.75 Å². The second kappa shape index (κ2) is 8.14. The highest BCUT2D eigenvalue weighted by Gasteiger charge is 2.09. The molecule has 0 atom stereocenters. The Balaban J connectivity index is 1.78. The van der Waals surface area contributed by atoms with Gasteiger partial charge < -0.3 is 4.74 Å². The lowest BCUT2D eigenvalue weighted by Gasteiger charge is -2.05. The molecule has 0 spiro atoms. The van der Waals surface area contributed by atoms with E-state index in [9.17, 15) is 4.79 Å². The van der Waals surface area contributed by atoms with E-state index in [-0.39, 0.29) is 12.5 Å². The molecule has 0 aliphatic rings. The number of thioether (sulfide) groups is 1. The Morgan fingerprint density at radius 2 is 2.05 bits per heavy atom. The second-order valence-electron chi connectivity index (χ2n) is 5.23. The van der Waals surface area contributed by atoms with Crippen LogP contribution >= 0.6 is 23.1 Å². The fourth-order valence-corrected chi connectivity index (χ4v) is 3.24. The predicted molar refractivity (Wildman–Crippen MR) is 90.8 cm³/mol. The van der Waals surface area contributed by atoms with Gasteiger partial charge in [0.05, 0.1) is 0 Å². The monoisotopic (exact) mass is 337 g/mol. The number of aryl methyl sites for hydroxylation is 1. The van der Waals surface area contributed by atoms with Gasteiger partial charge >= 0.3 is 0 Å². The zero-order chi connectivity index (χ0) is 15.9. The number of hydrogen-bond acceptors (Lipinski definition) is 6. The molecule has 118 valence electrons. The van der Waals surface area contributed by atoms with E-state index >= 15 is 0 Å². The van der Waals surface area contributed by atoms with Crippen LogP contribution in [0.5, 0.6) is 5.75 Å². The number of ether oxygens (including phenoxy) is 1. The van der Waals surface area contributed by atoms with E-state index in [1.165, 1.54) is 11.3 Å². The third-order valence-electron chi connectivity index (χ3n) is 2.58. The van der Waals surface area contributed by atoms with Crippen molar-refractivity contribution < 1.29 is 9.53 Å². The van der Waals surface area contributed by atoms with Crippen molar-refractivity contribution >= 4 is 34.1 Å². The summed E-state index contributed by atoms with van der Waals surface area (Å²) in [5.41, 5.74) is 1.15. The molecule has 0 bridgehead atoms. The molecule has 1 heterocycles. The highest BCUT2D eigenvalue weighted by Crippen LogP contribution is 2.26.